The largest absolute Gasteiger partial charge is 0.454 e. The lowest BCUT2D eigenvalue weighted by Crippen LogP contribution is -2.27. The van der Waals surface area contributed by atoms with Crippen molar-refractivity contribution in [3.8, 4) is 11.5 Å². The number of para-hydroxylation sites is 1. The number of fused-ring (bicyclic) bond motifs is 1. The third-order valence-electron chi connectivity index (χ3n) is 3.47. The van der Waals surface area contributed by atoms with Crippen molar-refractivity contribution >= 4 is 17.0 Å². The van der Waals surface area contributed by atoms with Crippen LogP contribution in [-0.4, -0.2) is 21.5 Å². The predicted molar refractivity (Wildman–Crippen MR) is 104 cm³/mol. The molecule has 0 aliphatic rings. The van der Waals surface area contributed by atoms with E-state index in [1.165, 1.54) is 16.8 Å². The van der Waals surface area contributed by atoms with E-state index in [-0.39, 0.29) is 5.75 Å². The molecule has 0 saturated heterocycles. The van der Waals surface area contributed by atoms with Crippen molar-refractivity contribution in [2.75, 3.05) is 0 Å². The van der Waals surface area contributed by atoms with Gasteiger partial charge in [-0.25, -0.2) is 9.18 Å². The normalized spacial score (nSPS) is 10.9. The standard InChI is InChI=1S/C19H19FN2O3.C2H6/c1-12-14-10-9-13(24-17-8-6-5-7-15(17)20)11-16(14)22(21-12)18(23)25-19(2,3)4;1-2/h5-11H,1-4H3;1-2H3. The molecule has 5 nitrogen and oxygen atoms in total. The summed E-state index contributed by atoms with van der Waals surface area (Å²) in [6.07, 6.45) is -0.575. The van der Waals surface area contributed by atoms with Crippen LogP contribution in [0.1, 0.15) is 40.3 Å². The quantitative estimate of drug-likeness (QED) is 0.546. The van der Waals surface area contributed by atoms with Gasteiger partial charge in [0.2, 0.25) is 0 Å². The highest BCUT2D eigenvalue weighted by Gasteiger charge is 2.21. The molecule has 6 heteroatoms. The zero-order chi connectivity index (χ0) is 20.2. The molecule has 0 fully saturated rings. The van der Waals surface area contributed by atoms with Crippen molar-refractivity contribution in [3.63, 3.8) is 0 Å². The van der Waals surface area contributed by atoms with E-state index in [9.17, 15) is 9.18 Å². The summed E-state index contributed by atoms with van der Waals surface area (Å²) in [5, 5.41) is 5.05. The SMILES string of the molecule is CC.Cc1nn(C(=O)OC(C)(C)C)c2cc(Oc3ccccc3F)ccc12. The minimum absolute atomic E-state index is 0.113. The van der Waals surface area contributed by atoms with Crippen molar-refractivity contribution in [1.82, 2.24) is 9.78 Å². The molecule has 0 atom stereocenters. The number of rotatable bonds is 2. The Morgan fingerprint density at radius 2 is 1.78 bits per heavy atom. The fraction of sp³-hybridized carbons (Fsp3) is 0.333. The Morgan fingerprint density at radius 3 is 2.41 bits per heavy atom. The van der Waals surface area contributed by atoms with E-state index >= 15 is 0 Å². The van der Waals surface area contributed by atoms with Crippen LogP contribution in [0, 0.1) is 12.7 Å². The van der Waals surface area contributed by atoms with E-state index in [0.717, 1.165) is 5.39 Å². The van der Waals surface area contributed by atoms with Crippen LogP contribution in [-0.2, 0) is 4.74 Å². The number of aryl methyl sites for hydroxylation is 1. The highest BCUT2D eigenvalue weighted by Crippen LogP contribution is 2.29. The predicted octanol–water partition coefficient (Wildman–Crippen LogP) is 6.09. The number of hydrogen-bond acceptors (Lipinski definition) is 4. The molecule has 1 heterocycles. The van der Waals surface area contributed by atoms with Gasteiger partial charge in [0.1, 0.15) is 11.4 Å². The van der Waals surface area contributed by atoms with Gasteiger partial charge in [0, 0.05) is 11.5 Å². The first-order chi connectivity index (χ1) is 12.7. The van der Waals surface area contributed by atoms with E-state index in [1.807, 2.05) is 13.8 Å². The molecular weight excluding hydrogens is 347 g/mol. The van der Waals surface area contributed by atoms with E-state index in [0.29, 0.717) is 17.0 Å². The van der Waals surface area contributed by atoms with Crippen LogP contribution in [0.15, 0.2) is 42.5 Å². The Labute approximate surface area is 158 Å². The minimum Gasteiger partial charge on any atom is -0.454 e. The summed E-state index contributed by atoms with van der Waals surface area (Å²) in [5.74, 6) is 0.0589. The number of hydrogen-bond donors (Lipinski definition) is 0. The second-order valence-corrected chi connectivity index (χ2v) is 6.69. The van der Waals surface area contributed by atoms with Crippen molar-refractivity contribution in [1.29, 1.82) is 0 Å². The number of aromatic nitrogens is 2. The van der Waals surface area contributed by atoms with Crippen molar-refractivity contribution in [2.45, 2.75) is 47.1 Å². The molecule has 0 bridgehead atoms. The Hall–Kier alpha value is -2.89. The molecule has 1 aromatic heterocycles. The van der Waals surface area contributed by atoms with Gasteiger partial charge in [0.05, 0.1) is 11.2 Å². The number of ether oxygens (including phenoxy) is 2. The molecule has 144 valence electrons. The maximum atomic E-state index is 13.8. The van der Waals surface area contributed by atoms with E-state index < -0.39 is 17.5 Å². The van der Waals surface area contributed by atoms with Gasteiger partial charge >= 0.3 is 6.09 Å². The van der Waals surface area contributed by atoms with Crippen LogP contribution in [0.3, 0.4) is 0 Å². The Bertz CT molecular complexity index is 942. The fourth-order valence-corrected chi connectivity index (χ4v) is 2.41. The third kappa shape index (κ3) is 4.84. The first-order valence-corrected chi connectivity index (χ1v) is 8.90. The zero-order valence-corrected chi connectivity index (χ0v) is 16.5. The smallest absolute Gasteiger partial charge is 0.435 e. The first kappa shape index (κ1) is 20.4. The molecule has 0 aliphatic carbocycles. The van der Waals surface area contributed by atoms with Crippen LogP contribution >= 0.6 is 0 Å². The maximum absolute atomic E-state index is 13.8. The van der Waals surface area contributed by atoms with Crippen LogP contribution in [0.25, 0.3) is 10.9 Å². The molecule has 27 heavy (non-hydrogen) atoms. The van der Waals surface area contributed by atoms with E-state index in [1.54, 1.807) is 58.0 Å². The minimum atomic E-state index is -0.634. The van der Waals surface area contributed by atoms with Crippen molar-refractivity contribution < 1.29 is 18.7 Å². The highest BCUT2D eigenvalue weighted by atomic mass is 19.1. The molecule has 3 rings (SSSR count). The van der Waals surface area contributed by atoms with Gasteiger partial charge in [-0.05, 0) is 52.0 Å². The van der Waals surface area contributed by atoms with Crippen LogP contribution < -0.4 is 4.74 Å². The molecule has 0 spiro atoms. The Kier molecular flexibility index (Phi) is 6.20. The summed E-state index contributed by atoms with van der Waals surface area (Å²) in [4.78, 5) is 12.4. The number of carbonyl (C=O) groups is 1. The number of nitrogens with zero attached hydrogens (tertiary/aromatic N) is 2. The summed E-state index contributed by atoms with van der Waals surface area (Å²) >= 11 is 0. The zero-order valence-electron chi connectivity index (χ0n) is 16.5. The van der Waals surface area contributed by atoms with Gasteiger partial charge in [-0.15, -0.1) is 0 Å². The lowest BCUT2D eigenvalue weighted by Gasteiger charge is -2.19. The summed E-state index contributed by atoms with van der Waals surface area (Å²) in [5.41, 5.74) is 0.601. The fourth-order valence-electron chi connectivity index (χ4n) is 2.41. The second kappa shape index (κ2) is 8.20. The molecule has 0 aliphatic heterocycles. The summed E-state index contributed by atoms with van der Waals surface area (Å²) < 4.78 is 25.9. The number of carbonyl (C=O) groups excluding carboxylic acids is 1. The molecule has 3 aromatic rings. The molecular formula is C21H25FN2O3. The number of benzene rings is 2. The maximum Gasteiger partial charge on any atom is 0.435 e. The lowest BCUT2D eigenvalue weighted by molar-refractivity contribution is 0.0522. The summed E-state index contributed by atoms with van der Waals surface area (Å²) in [7, 11) is 0. The topological polar surface area (TPSA) is 53.4 Å². The van der Waals surface area contributed by atoms with Gasteiger partial charge in [0.25, 0.3) is 0 Å². The molecule has 0 unspecified atom stereocenters. The second-order valence-electron chi connectivity index (χ2n) is 6.69. The molecule has 0 radical (unpaired) electrons. The summed E-state index contributed by atoms with van der Waals surface area (Å²) in [6.45, 7) is 11.2. The molecule has 0 saturated carbocycles. The average Bonchev–Trinajstić information content (AvgIpc) is 2.94. The Morgan fingerprint density at radius 1 is 1.11 bits per heavy atom. The molecule has 0 amide bonds. The van der Waals surface area contributed by atoms with Crippen molar-refractivity contribution in [3.05, 3.63) is 54.0 Å². The monoisotopic (exact) mass is 372 g/mol. The average molecular weight is 372 g/mol. The van der Waals surface area contributed by atoms with Crippen LogP contribution in [0.4, 0.5) is 9.18 Å². The summed E-state index contributed by atoms with van der Waals surface area (Å²) in [6, 6.07) is 11.3. The van der Waals surface area contributed by atoms with Crippen LogP contribution in [0.2, 0.25) is 0 Å². The van der Waals surface area contributed by atoms with Crippen LogP contribution in [0.5, 0.6) is 11.5 Å². The Balaban J connectivity index is 0.00000126. The van der Waals surface area contributed by atoms with E-state index in [2.05, 4.69) is 5.10 Å². The molecule has 2 aromatic carbocycles. The van der Waals surface area contributed by atoms with Gasteiger partial charge in [-0.2, -0.15) is 9.78 Å². The first-order valence-electron chi connectivity index (χ1n) is 8.90. The highest BCUT2D eigenvalue weighted by molar-refractivity contribution is 5.90. The lowest BCUT2D eigenvalue weighted by atomic mass is 10.2. The number of halogens is 1. The molecule has 0 N–H and O–H groups in total. The van der Waals surface area contributed by atoms with Crippen molar-refractivity contribution in [2.24, 2.45) is 0 Å². The van der Waals surface area contributed by atoms with Gasteiger partial charge in [-0.3, -0.25) is 0 Å². The van der Waals surface area contributed by atoms with Gasteiger partial charge in [0.15, 0.2) is 11.6 Å². The van der Waals surface area contributed by atoms with Gasteiger partial charge in [-0.1, -0.05) is 26.0 Å². The van der Waals surface area contributed by atoms with Gasteiger partial charge < -0.3 is 9.47 Å². The van der Waals surface area contributed by atoms with E-state index in [4.69, 9.17) is 9.47 Å². The third-order valence-corrected chi connectivity index (χ3v) is 3.47.